The Bertz CT molecular complexity index is 821. The number of anilines is 1. The first kappa shape index (κ1) is 14.8. The van der Waals surface area contributed by atoms with Crippen LogP contribution in [0.1, 0.15) is 0 Å². The third-order valence-corrected chi connectivity index (χ3v) is 4.18. The Morgan fingerprint density at radius 1 is 1.20 bits per heavy atom. The Morgan fingerprint density at radius 2 is 1.90 bits per heavy atom. The van der Waals surface area contributed by atoms with Gasteiger partial charge in [0.15, 0.2) is 0 Å². The Morgan fingerprint density at radius 3 is 2.55 bits per heavy atom. The summed E-state index contributed by atoms with van der Waals surface area (Å²) >= 11 is 11.2. The van der Waals surface area contributed by atoms with E-state index in [0.717, 1.165) is 24.4 Å². The van der Waals surface area contributed by atoms with Gasteiger partial charge in [-0.2, -0.15) is 0 Å². The monoisotopic (exact) mass is 336 g/mol. The molecule has 1 aromatic carbocycles. The Balaban J connectivity index is 2.43. The van der Waals surface area contributed by atoms with Crippen LogP contribution in [0.2, 0.25) is 10.0 Å². The van der Waals surface area contributed by atoms with Gasteiger partial charge in [-0.3, -0.25) is 9.52 Å². The fourth-order valence-electron chi connectivity index (χ4n) is 1.37. The summed E-state index contributed by atoms with van der Waals surface area (Å²) in [5.74, 6) is -0.784. The van der Waals surface area contributed by atoms with E-state index in [4.69, 9.17) is 23.2 Å². The highest BCUT2D eigenvalue weighted by Crippen LogP contribution is 2.23. The summed E-state index contributed by atoms with van der Waals surface area (Å²) in [6.07, 6.45) is 0.957. The summed E-state index contributed by atoms with van der Waals surface area (Å²) in [7, 11) is -4.10. The zero-order chi connectivity index (χ0) is 14.9. The van der Waals surface area contributed by atoms with E-state index in [0.29, 0.717) is 0 Å². The van der Waals surface area contributed by atoms with Crippen LogP contribution < -0.4 is 10.3 Å². The van der Waals surface area contributed by atoms with Crippen molar-refractivity contribution < 1.29 is 12.8 Å². The third-order valence-electron chi connectivity index (χ3n) is 2.31. The maximum atomic E-state index is 13.5. The van der Waals surface area contributed by atoms with Crippen LogP contribution in [0.25, 0.3) is 0 Å². The standard InChI is InChI=1S/C11H7Cl2FN2O3S/c12-6-1-2-9(14)10(3-6)16-20(18,19)7-4-8(13)11(17)15-5-7/h1-5,16H,(H,15,17). The number of sulfonamides is 1. The first-order valence-electron chi connectivity index (χ1n) is 5.16. The lowest BCUT2D eigenvalue weighted by Crippen LogP contribution is -2.16. The molecule has 106 valence electrons. The number of aromatic amines is 1. The molecule has 0 aliphatic heterocycles. The molecule has 1 aromatic heterocycles. The van der Waals surface area contributed by atoms with Crippen molar-refractivity contribution in [3.8, 4) is 0 Å². The maximum Gasteiger partial charge on any atom is 0.266 e. The number of hydrogen-bond donors (Lipinski definition) is 2. The Kier molecular flexibility index (Phi) is 4.03. The molecule has 0 saturated heterocycles. The van der Waals surface area contributed by atoms with E-state index in [-0.39, 0.29) is 20.6 Å². The molecule has 0 unspecified atom stereocenters. The first-order valence-corrected chi connectivity index (χ1v) is 7.39. The van der Waals surface area contributed by atoms with Gasteiger partial charge in [-0.1, -0.05) is 23.2 Å². The predicted octanol–water partition coefficient (Wildman–Crippen LogP) is 2.62. The van der Waals surface area contributed by atoms with E-state index >= 15 is 0 Å². The smallest absolute Gasteiger partial charge is 0.266 e. The fraction of sp³-hybridized carbons (Fsp3) is 0. The molecule has 2 N–H and O–H groups in total. The molecule has 1 heterocycles. The van der Waals surface area contributed by atoms with Crippen LogP contribution in [-0.2, 0) is 10.0 Å². The number of pyridine rings is 1. The molecule has 0 amide bonds. The van der Waals surface area contributed by atoms with Crippen LogP contribution in [0.5, 0.6) is 0 Å². The minimum atomic E-state index is -4.10. The van der Waals surface area contributed by atoms with Crippen molar-refractivity contribution in [3.63, 3.8) is 0 Å². The van der Waals surface area contributed by atoms with Gasteiger partial charge in [0.1, 0.15) is 15.7 Å². The number of hydrogen-bond acceptors (Lipinski definition) is 3. The van der Waals surface area contributed by atoms with E-state index < -0.39 is 21.4 Å². The second-order valence-corrected chi connectivity index (χ2v) is 6.27. The number of H-pyrrole nitrogens is 1. The van der Waals surface area contributed by atoms with E-state index in [1.165, 1.54) is 6.07 Å². The number of benzene rings is 1. The number of aromatic nitrogens is 1. The summed E-state index contributed by atoms with van der Waals surface area (Å²) in [6.45, 7) is 0. The van der Waals surface area contributed by atoms with Gasteiger partial charge in [-0.15, -0.1) is 0 Å². The lowest BCUT2D eigenvalue weighted by Gasteiger charge is -2.09. The predicted molar refractivity (Wildman–Crippen MR) is 74.3 cm³/mol. The van der Waals surface area contributed by atoms with Crippen LogP contribution in [0.4, 0.5) is 10.1 Å². The van der Waals surface area contributed by atoms with E-state index in [9.17, 15) is 17.6 Å². The van der Waals surface area contributed by atoms with Gasteiger partial charge >= 0.3 is 0 Å². The molecule has 0 saturated carbocycles. The Labute approximate surface area is 123 Å². The quantitative estimate of drug-likeness (QED) is 0.904. The van der Waals surface area contributed by atoms with E-state index in [1.54, 1.807) is 0 Å². The van der Waals surface area contributed by atoms with Crippen molar-refractivity contribution in [1.29, 1.82) is 0 Å². The van der Waals surface area contributed by atoms with Crippen LogP contribution in [0.3, 0.4) is 0 Å². The molecular weight excluding hydrogens is 330 g/mol. The summed E-state index contributed by atoms with van der Waals surface area (Å²) in [5, 5.41) is -0.122. The van der Waals surface area contributed by atoms with Crippen LogP contribution in [-0.4, -0.2) is 13.4 Å². The normalized spacial score (nSPS) is 11.3. The van der Waals surface area contributed by atoms with Crippen LogP contribution >= 0.6 is 23.2 Å². The second kappa shape index (κ2) is 5.43. The molecule has 0 aliphatic carbocycles. The average Bonchev–Trinajstić information content (AvgIpc) is 2.36. The summed E-state index contributed by atoms with van der Waals surface area (Å²) in [4.78, 5) is 12.9. The SMILES string of the molecule is O=c1[nH]cc(S(=O)(=O)Nc2cc(Cl)ccc2F)cc1Cl. The summed E-state index contributed by atoms with van der Waals surface area (Å²) in [5.41, 5.74) is -0.931. The summed E-state index contributed by atoms with van der Waals surface area (Å²) in [6, 6.07) is 4.40. The molecule has 0 bridgehead atoms. The first-order chi connectivity index (χ1) is 9.29. The lowest BCUT2D eigenvalue weighted by atomic mass is 10.3. The average molecular weight is 337 g/mol. The van der Waals surface area contributed by atoms with Crippen LogP contribution in [0.15, 0.2) is 40.2 Å². The molecular formula is C11H7Cl2FN2O3S. The van der Waals surface area contributed by atoms with Crippen LogP contribution in [0, 0.1) is 5.82 Å². The van der Waals surface area contributed by atoms with Crippen molar-refractivity contribution in [2.45, 2.75) is 4.90 Å². The molecule has 2 rings (SSSR count). The number of rotatable bonds is 3. The van der Waals surface area contributed by atoms with Gasteiger partial charge in [0.25, 0.3) is 15.6 Å². The molecule has 0 radical (unpaired) electrons. The van der Waals surface area contributed by atoms with Gasteiger partial charge in [-0.25, -0.2) is 12.8 Å². The molecule has 0 fully saturated rings. The molecule has 0 spiro atoms. The number of halogens is 3. The maximum absolute atomic E-state index is 13.5. The van der Waals surface area contributed by atoms with Crippen molar-refractivity contribution in [3.05, 3.63) is 56.7 Å². The van der Waals surface area contributed by atoms with E-state index in [2.05, 4.69) is 4.98 Å². The number of nitrogens with one attached hydrogen (secondary N) is 2. The van der Waals surface area contributed by atoms with Gasteiger partial charge in [0.05, 0.1) is 5.69 Å². The molecule has 0 atom stereocenters. The minimum Gasteiger partial charge on any atom is -0.326 e. The van der Waals surface area contributed by atoms with Crippen molar-refractivity contribution in [2.75, 3.05) is 4.72 Å². The minimum absolute atomic E-state index is 0.170. The van der Waals surface area contributed by atoms with Gasteiger partial charge < -0.3 is 4.98 Å². The van der Waals surface area contributed by atoms with Crippen molar-refractivity contribution in [1.82, 2.24) is 4.98 Å². The fourth-order valence-corrected chi connectivity index (χ4v) is 2.83. The topological polar surface area (TPSA) is 79.0 Å². The zero-order valence-electron chi connectivity index (χ0n) is 9.65. The van der Waals surface area contributed by atoms with Gasteiger partial charge in [0, 0.05) is 11.2 Å². The molecule has 2 aromatic rings. The third kappa shape index (κ3) is 3.12. The largest absolute Gasteiger partial charge is 0.326 e. The highest BCUT2D eigenvalue weighted by atomic mass is 35.5. The second-order valence-electron chi connectivity index (χ2n) is 3.74. The van der Waals surface area contributed by atoms with Gasteiger partial charge in [0.2, 0.25) is 0 Å². The molecule has 0 aliphatic rings. The zero-order valence-corrected chi connectivity index (χ0v) is 12.0. The van der Waals surface area contributed by atoms with Gasteiger partial charge in [-0.05, 0) is 24.3 Å². The Hall–Kier alpha value is -1.57. The highest BCUT2D eigenvalue weighted by molar-refractivity contribution is 7.92. The highest BCUT2D eigenvalue weighted by Gasteiger charge is 2.18. The molecule has 20 heavy (non-hydrogen) atoms. The van der Waals surface area contributed by atoms with Crippen molar-refractivity contribution >= 4 is 38.9 Å². The van der Waals surface area contributed by atoms with Crippen molar-refractivity contribution in [2.24, 2.45) is 0 Å². The lowest BCUT2D eigenvalue weighted by molar-refractivity contribution is 0.598. The molecule has 9 heteroatoms. The summed E-state index contributed by atoms with van der Waals surface area (Å²) < 4.78 is 39.6. The van der Waals surface area contributed by atoms with E-state index in [1.807, 2.05) is 4.72 Å². The molecule has 5 nitrogen and oxygen atoms in total.